The summed E-state index contributed by atoms with van der Waals surface area (Å²) in [7, 11) is 0. The van der Waals surface area contributed by atoms with Crippen molar-refractivity contribution in [2.24, 2.45) is 0 Å². The van der Waals surface area contributed by atoms with E-state index < -0.39 is 0 Å². The van der Waals surface area contributed by atoms with E-state index in [1.54, 1.807) is 0 Å². The number of hydrogen-bond acceptors (Lipinski definition) is 0. The molecule has 0 aromatic carbocycles. The molecule has 4 heteroatoms. The van der Waals surface area contributed by atoms with Gasteiger partial charge in [-0.3, -0.25) is 0 Å². The van der Waals surface area contributed by atoms with Crippen LogP contribution in [-0.2, 0) is 11.0 Å². The molecule has 0 saturated heterocycles. The van der Waals surface area contributed by atoms with Gasteiger partial charge in [0.05, 0.1) is 0 Å². The minimum Gasteiger partial charge on any atom is -2.00 e. The Morgan fingerprint density at radius 2 is 0.750 bits per heavy atom. The van der Waals surface area contributed by atoms with Crippen molar-refractivity contribution in [1.29, 1.82) is 0 Å². The van der Waals surface area contributed by atoms with E-state index in [-0.39, 0.29) is 63.9 Å². The molecule has 0 aromatic heterocycles. The Labute approximate surface area is 63.3 Å². The maximum atomic E-state index is 0. The van der Waals surface area contributed by atoms with Crippen LogP contribution in [-0.4, -0.2) is 17.4 Å². The molecule has 0 saturated carbocycles. The standard InChI is InChI=1S/Al.La.2O/q2*+3;2*-2. The van der Waals surface area contributed by atoms with Crippen LogP contribution in [0.1, 0.15) is 0 Å². The molecule has 0 aliphatic carbocycles. The van der Waals surface area contributed by atoms with Crippen LogP contribution in [0.4, 0.5) is 0 Å². The Kier molecular flexibility index (Phi) is 256. The van der Waals surface area contributed by atoms with Crippen LogP contribution in [0.3, 0.4) is 0 Å². The molecule has 4 heavy (non-hydrogen) atoms. The van der Waals surface area contributed by atoms with E-state index in [9.17, 15) is 0 Å². The van der Waals surface area contributed by atoms with Gasteiger partial charge in [-0.2, -0.15) is 0 Å². The zero-order valence-corrected chi connectivity index (χ0v) is 6.75. The molecule has 0 spiro atoms. The summed E-state index contributed by atoms with van der Waals surface area (Å²) in [4.78, 5) is 0. The van der Waals surface area contributed by atoms with Crippen molar-refractivity contribution >= 4 is 17.4 Å². The Hall–Kier alpha value is 1.65. The molecule has 0 amide bonds. The summed E-state index contributed by atoms with van der Waals surface area (Å²) in [5, 5.41) is 0. The zero-order valence-electron chi connectivity index (χ0n) is 1.97. The third-order valence-corrected chi connectivity index (χ3v) is 0. The van der Waals surface area contributed by atoms with E-state index in [1.807, 2.05) is 0 Å². The van der Waals surface area contributed by atoms with E-state index in [0.29, 0.717) is 0 Å². The summed E-state index contributed by atoms with van der Waals surface area (Å²) in [6.45, 7) is 0. The monoisotopic (exact) mass is 198 g/mol. The Balaban J connectivity index is 0. The molecule has 0 aliphatic rings. The summed E-state index contributed by atoms with van der Waals surface area (Å²) >= 11 is 0. The van der Waals surface area contributed by atoms with Crippen LogP contribution in [0.2, 0.25) is 0 Å². The molecule has 0 aromatic rings. The average molecular weight is 198 g/mol. The number of hydrogen-bond donors (Lipinski definition) is 0. The maximum Gasteiger partial charge on any atom is 3.00 e. The first-order valence-electron chi connectivity index (χ1n) is 0. The van der Waals surface area contributed by atoms with Gasteiger partial charge in [-0.1, -0.05) is 0 Å². The van der Waals surface area contributed by atoms with Gasteiger partial charge >= 0.3 is 53.0 Å². The van der Waals surface area contributed by atoms with E-state index >= 15 is 0 Å². The van der Waals surface area contributed by atoms with Crippen molar-refractivity contribution < 1.29 is 46.6 Å². The molecule has 0 aliphatic heterocycles. The summed E-state index contributed by atoms with van der Waals surface area (Å²) in [6.07, 6.45) is 0. The minimum atomic E-state index is 0. The molecule has 16 valence electrons. The predicted octanol–water partition coefficient (Wildman–Crippen LogP) is -0.618. The first-order chi connectivity index (χ1) is 0. The molecular weight excluding hydrogens is 198 g/mol. The largest absolute Gasteiger partial charge is 3.00 e. The fourth-order valence-electron chi connectivity index (χ4n) is 0. The van der Waals surface area contributed by atoms with E-state index in [0.717, 1.165) is 0 Å². The van der Waals surface area contributed by atoms with Gasteiger partial charge in [-0.15, -0.1) is 0 Å². The normalized spacial score (nSPS) is 0. The second-order valence-electron chi connectivity index (χ2n) is 0. The van der Waals surface area contributed by atoms with Gasteiger partial charge in [0.1, 0.15) is 0 Å². The molecule has 0 bridgehead atoms. The van der Waals surface area contributed by atoms with Gasteiger partial charge in [-0.05, 0) is 0 Å². The van der Waals surface area contributed by atoms with Crippen molar-refractivity contribution in [1.82, 2.24) is 0 Å². The first-order valence-corrected chi connectivity index (χ1v) is 0. The van der Waals surface area contributed by atoms with Gasteiger partial charge in [-0.25, -0.2) is 0 Å². The van der Waals surface area contributed by atoms with Gasteiger partial charge in [0, 0.05) is 0 Å². The van der Waals surface area contributed by atoms with Crippen molar-refractivity contribution in [3.05, 3.63) is 0 Å². The predicted molar refractivity (Wildman–Crippen MR) is 7.13 cm³/mol. The van der Waals surface area contributed by atoms with Gasteiger partial charge in [0.15, 0.2) is 0 Å². The fraction of sp³-hybridized carbons (Fsp3) is 0. The molecule has 0 fully saturated rings. The molecular formula is AlLaO2+2. The van der Waals surface area contributed by atoms with Gasteiger partial charge in [0.25, 0.3) is 0 Å². The van der Waals surface area contributed by atoms with E-state index in [4.69, 9.17) is 0 Å². The SMILES string of the molecule is [Al+3].[La+3].[O-2].[O-2]. The second kappa shape index (κ2) is 22.8. The Morgan fingerprint density at radius 1 is 0.750 bits per heavy atom. The van der Waals surface area contributed by atoms with Crippen LogP contribution >= 0.6 is 0 Å². The van der Waals surface area contributed by atoms with Gasteiger partial charge in [0.2, 0.25) is 0 Å². The van der Waals surface area contributed by atoms with Crippen LogP contribution in [0.15, 0.2) is 0 Å². The average Bonchev–Trinajstić information content (AvgIpc) is 0. The topological polar surface area (TPSA) is 57.0 Å². The summed E-state index contributed by atoms with van der Waals surface area (Å²) in [5.74, 6) is 0. The number of rotatable bonds is 0. The Bertz CT molecular complexity index is 6.00. The second-order valence-corrected chi connectivity index (χ2v) is 0. The first kappa shape index (κ1) is 44.9. The third-order valence-electron chi connectivity index (χ3n) is 0. The Morgan fingerprint density at radius 3 is 0.750 bits per heavy atom. The molecule has 2 nitrogen and oxygen atoms in total. The summed E-state index contributed by atoms with van der Waals surface area (Å²) in [6, 6.07) is 0. The van der Waals surface area contributed by atoms with E-state index in [2.05, 4.69) is 0 Å². The van der Waals surface area contributed by atoms with Crippen LogP contribution in [0.5, 0.6) is 0 Å². The van der Waals surface area contributed by atoms with Gasteiger partial charge < -0.3 is 11.0 Å². The maximum absolute atomic E-state index is 0. The van der Waals surface area contributed by atoms with Crippen molar-refractivity contribution in [2.75, 3.05) is 0 Å². The van der Waals surface area contributed by atoms with E-state index in [1.165, 1.54) is 0 Å². The van der Waals surface area contributed by atoms with Crippen LogP contribution in [0, 0.1) is 35.6 Å². The van der Waals surface area contributed by atoms with Crippen molar-refractivity contribution in [3.8, 4) is 0 Å². The van der Waals surface area contributed by atoms with Crippen LogP contribution < -0.4 is 0 Å². The fourth-order valence-corrected chi connectivity index (χ4v) is 0. The molecule has 0 atom stereocenters. The molecule has 0 heterocycles. The zero-order chi connectivity index (χ0) is 0. The van der Waals surface area contributed by atoms with Crippen molar-refractivity contribution in [2.45, 2.75) is 0 Å². The van der Waals surface area contributed by atoms with Crippen LogP contribution in [0.25, 0.3) is 0 Å². The smallest absolute Gasteiger partial charge is 2.00 e. The minimum absolute atomic E-state index is 0. The third kappa shape index (κ3) is 9.42. The summed E-state index contributed by atoms with van der Waals surface area (Å²) < 4.78 is 0. The van der Waals surface area contributed by atoms with Crippen molar-refractivity contribution in [3.63, 3.8) is 0 Å². The quantitative estimate of drug-likeness (QED) is 0.466. The summed E-state index contributed by atoms with van der Waals surface area (Å²) in [5.41, 5.74) is 0. The molecule has 0 N–H and O–H groups in total. The molecule has 0 radical (unpaired) electrons. The molecule has 0 unspecified atom stereocenters. The molecule has 0 rings (SSSR count).